The number of fused-ring (bicyclic) bond motifs is 1. The SMILES string of the molecule is COc1ccccc1CNS(=O)(=O)c1cc2c(=O)[nH]nc(C)n2c1. The molecule has 126 valence electrons. The molecule has 0 aliphatic heterocycles. The van der Waals surface area contributed by atoms with Crippen LogP contribution < -0.4 is 15.0 Å². The predicted octanol–water partition coefficient (Wildman–Crippen LogP) is 0.818. The largest absolute Gasteiger partial charge is 0.496 e. The van der Waals surface area contributed by atoms with E-state index in [9.17, 15) is 13.2 Å². The topological polar surface area (TPSA) is 106 Å². The van der Waals surface area contributed by atoms with E-state index in [-0.39, 0.29) is 17.0 Å². The number of benzene rings is 1. The number of aromatic amines is 1. The number of rotatable bonds is 5. The molecule has 1 aromatic carbocycles. The van der Waals surface area contributed by atoms with Gasteiger partial charge in [-0.05, 0) is 19.1 Å². The molecule has 0 spiro atoms. The first kappa shape index (κ1) is 16.2. The smallest absolute Gasteiger partial charge is 0.288 e. The summed E-state index contributed by atoms with van der Waals surface area (Å²) in [6, 6.07) is 8.45. The number of nitrogens with zero attached hydrogens (tertiary/aromatic N) is 2. The van der Waals surface area contributed by atoms with Crippen molar-refractivity contribution in [2.45, 2.75) is 18.4 Å². The Labute approximate surface area is 138 Å². The molecule has 24 heavy (non-hydrogen) atoms. The van der Waals surface area contributed by atoms with Gasteiger partial charge in [0.05, 0.1) is 7.11 Å². The minimum atomic E-state index is -3.79. The summed E-state index contributed by atoms with van der Waals surface area (Å²) in [7, 11) is -2.26. The summed E-state index contributed by atoms with van der Waals surface area (Å²) in [4.78, 5) is 11.8. The molecule has 0 aliphatic rings. The van der Waals surface area contributed by atoms with Crippen molar-refractivity contribution in [3.8, 4) is 5.75 Å². The minimum absolute atomic E-state index is 0.000928. The average Bonchev–Trinajstić information content (AvgIpc) is 3.04. The zero-order valence-corrected chi connectivity index (χ0v) is 13.9. The van der Waals surface area contributed by atoms with E-state index in [0.29, 0.717) is 17.1 Å². The first-order valence-corrected chi connectivity index (χ1v) is 8.59. The maximum atomic E-state index is 12.5. The molecule has 0 fully saturated rings. The van der Waals surface area contributed by atoms with Crippen LogP contribution in [0.15, 0.2) is 46.2 Å². The number of hydrogen-bond donors (Lipinski definition) is 2. The van der Waals surface area contributed by atoms with Crippen LogP contribution in [0.25, 0.3) is 5.52 Å². The molecule has 8 nitrogen and oxygen atoms in total. The molecule has 0 bridgehead atoms. The van der Waals surface area contributed by atoms with Gasteiger partial charge in [0, 0.05) is 18.3 Å². The first-order valence-electron chi connectivity index (χ1n) is 7.11. The standard InChI is InChI=1S/C15H16N4O4S/c1-10-17-18-15(20)13-7-12(9-19(10)13)24(21,22)16-8-11-5-3-4-6-14(11)23-2/h3-7,9,16H,8H2,1-2H3,(H,18,20). The van der Waals surface area contributed by atoms with E-state index >= 15 is 0 Å². The van der Waals surface area contributed by atoms with Gasteiger partial charge in [-0.2, -0.15) is 5.10 Å². The van der Waals surface area contributed by atoms with Gasteiger partial charge in [0.25, 0.3) is 5.56 Å². The number of aryl methyl sites for hydroxylation is 1. The summed E-state index contributed by atoms with van der Waals surface area (Å²) in [5.74, 6) is 1.08. The summed E-state index contributed by atoms with van der Waals surface area (Å²) in [6.07, 6.45) is 1.37. The van der Waals surface area contributed by atoms with E-state index in [1.807, 2.05) is 0 Å². The third kappa shape index (κ3) is 2.91. The van der Waals surface area contributed by atoms with E-state index in [4.69, 9.17) is 4.74 Å². The predicted molar refractivity (Wildman–Crippen MR) is 87.6 cm³/mol. The van der Waals surface area contributed by atoms with Gasteiger partial charge in [0.2, 0.25) is 10.0 Å². The molecule has 2 aromatic heterocycles. The normalized spacial score (nSPS) is 11.8. The Hall–Kier alpha value is -2.65. The lowest BCUT2D eigenvalue weighted by molar-refractivity contribution is 0.409. The van der Waals surface area contributed by atoms with Crippen LogP contribution in [-0.4, -0.2) is 30.1 Å². The van der Waals surface area contributed by atoms with Crippen LogP contribution in [0.5, 0.6) is 5.75 Å². The van der Waals surface area contributed by atoms with Crippen molar-refractivity contribution in [3.63, 3.8) is 0 Å². The third-order valence-electron chi connectivity index (χ3n) is 3.65. The number of ether oxygens (including phenoxy) is 1. The number of para-hydroxylation sites is 1. The Morgan fingerprint density at radius 2 is 2.08 bits per heavy atom. The monoisotopic (exact) mass is 348 g/mol. The Bertz CT molecular complexity index is 1050. The molecule has 0 unspecified atom stereocenters. The van der Waals surface area contributed by atoms with Crippen molar-refractivity contribution in [3.05, 3.63) is 58.3 Å². The quantitative estimate of drug-likeness (QED) is 0.710. The number of methoxy groups -OCH3 is 1. The van der Waals surface area contributed by atoms with E-state index in [1.54, 1.807) is 31.2 Å². The lowest BCUT2D eigenvalue weighted by Crippen LogP contribution is -2.23. The summed E-state index contributed by atoms with van der Waals surface area (Å²) < 4.78 is 34.2. The molecule has 0 aliphatic carbocycles. The van der Waals surface area contributed by atoms with E-state index in [0.717, 1.165) is 0 Å². The number of hydrogen-bond acceptors (Lipinski definition) is 5. The Morgan fingerprint density at radius 1 is 1.33 bits per heavy atom. The first-order chi connectivity index (χ1) is 11.4. The Balaban J connectivity index is 1.92. The van der Waals surface area contributed by atoms with Gasteiger partial charge in [-0.15, -0.1) is 0 Å². The van der Waals surface area contributed by atoms with Crippen LogP contribution >= 0.6 is 0 Å². The summed E-state index contributed by atoms with van der Waals surface area (Å²) in [5, 5.41) is 6.13. The highest BCUT2D eigenvalue weighted by atomic mass is 32.2. The Kier molecular flexibility index (Phi) is 4.12. The zero-order chi connectivity index (χ0) is 17.3. The van der Waals surface area contributed by atoms with Crippen LogP contribution in [-0.2, 0) is 16.6 Å². The van der Waals surface area contributed by atoms with Crippen LogP contribution in [0, 0.1) is 6.92 Å². The van der Waals surface area contributed by atoms with Crippen LogP contribution in [0.2, 0.25) is 0 Å². The number of aromatic nitrogens is 3. The highest BCUT2D eigenvalue weighted by molar-refractivity contribution is 7.89. The zero-order valence-electron chi connectivity index (χ0n) is 13.1. The van der Waals surface area contributed by atoms with Crippen molar-refractivity contribution in [1.29, 1.82) is 0 Å². The molecule has 0 amide bonds. The van der Waals surface area contributed by atoms with Crippen molar-refractivity contribution in [2.75, 3.05) is 7.11 Å². The van der Waals surface area contributed by atoms with E-state index in [1.165, 1.54) is 23.8 Å². The van der Waals surface area contributed by atoms with Gasteiger partial charge in [-0.25, -0.2) is 18.2 Å². The highest BCUT2D eigenvalue weighted by Crippen LogP contribution is 2.19. The number of nitrogens with one attached hydrogen (secondary N) is 2. The van der Waals surface area contributed by atoms with Crippen molar-refractivity contribution < 1.29 is 13.2 Å². The minimum Gasteiger partial charge on any atom is -0.496 e. The molecule has 2 heterocycles. The van der Waals surface area contributed by atoms with E-state index < -0.39 is 15.6 Å². The molecule has 0 atom stereocenters. The molecule has 0 saturated carbocycles. The molecular weight excluding hydrogens is 332 g/mol. The third-order valence-corrected chi connectivity index (χ3v) is 5.02. The van der Waals surface area contributed by atoms with Crippen LogP contribution in [0.4, 0.5) is 0 Å². The van der Waals surface area contributed by atoms with Gasteiger partial charge >= 0.3 is 0 Å². The molecule has 0 saturated heterocycles. The van der Waals surface area contributed by atoms with E-state index in [2.05, 4.69) is 14.9 Å². The fraction of sp³-hybridized carbons (Fsp3) is 0.200. The van der Waals surface area contributed by atoms with Crippen molar-refractivity contribution in [2.24, 2.45) is 0 Å². The molecular formula is C15H16N4O4S. The van der Waals surface area contributed by atoms with Gasteiger partial charge in [-0.1, -0.05) is 18.2 Å². The second-order valence-electron chi connectivity index (χ2n) is 5.17. The molecule has 2 N–H and O–H groups in total. The van der Waals surface area contributed by atoms with Crippen molar-refractivity contribution in [1.82, 2.24) is 19.3 Å². The summed E-state index contributed by atoms with van der Waals surface area (Å²) >= 11 is 0. The molecule has 3 rings (SSSR count). The van der Waals surface area contributed by atoms with Gasteiger partial charge in [0.1, 0.15) is 22.0 Å². The maximum Gasteiger partial charge on any atom is 0.288 e. The fourth-order valence-corrected chi connectivity index (χ4v) is 3.40. The lowest BCUT2D eigenvalue weighted by atomic mass is 10.2. The Morgan fingerprint density at radius 3 is 2.79 bits per heavy atom. The summed E-state index contributed by atoms with van der Waals surface area (Å²) in [5.41, 5.74) is 0.481. The fourth-order valence-electron chi connectivity index (χ4n) is 2.38. The summed E-state index contributed by atoms with van der Waals surface area (Å²) in [6.45, 7) is 1.74. The van der Waals surface area contributed by atoms with Gasteiger partial charge in [0.15, 0.2) is 0 Å². The average molecular weight is 348 g/mol. The van der Waals surface area contributed by atoms with Gasteiger partial charge < -0.3 is 4.74 Å². The van der Waals surface area contributed by atoms with Crippen LogP contribution in [0.3, 0.4) is 0 Å². The second kappa shape index (κ2) is 6.10. The highest BCUT2D eigenvalue weighted by Gasteiger charge is 2.18. The number of sulfonamides is 1. The van der Waals surface area contributed by atoms with Crippen LogP contribution in [0.1, 0.15) is 11.4 Å². The second-order valence-corrected chi connectivity index (χ2v) is 6.93. The van der Waals surface area contributed by atoms with Crippen molar-refractivity contribution >= 4 is 15.5 Å². The lowest BCUT2D eigenvalue weighted by Gasteiger charge is -2.09. The molecule has 0 radical (unpaired) electrons. The molecule has 3 aromatic rings. The van der Waals surface area contributed by atoms with Gasteiger partial charge in [-0.3, -0.25) is 9.20 Å². The molecule has 9 heteroatoms. The number of H-pyrrole nitrogens is 1. The maximum absolute atomic E-state index is 12.5.